The third kappa shape index (κ3) is 4.73. The molecule has 3 heterocycles. The fourth-order valence-corrected chi connectivity index (χ4v) is 3.34. The van der Waals surface area contributed by atoms with Crippen LogP contribution in [0.5, 0.6) is 0 Å². The molecule has 0 bridgehead atoms. The Morgan fingerprint density at radius 1 is 1.37 bits per heavy atom. The van der Waals surface area contributed by atoms with Crippen molar-refractivity contribution >= 4 is 34.7 Å². The van der Waals surface area contributed by atoms with E-state index in [-0.39, 0.29) is 13.2 Å². The standard InChI is InChI=1S/C18H25N5O6S/c1-9(6-24)4-5-19-15-12-16(22-18(21-15)30-3)23(8-20-12)17-14(27)13(26)11(29-17)7-28-10(2)25/h4,8,11,13-14,17,24,26-27H,5-7H2,1-3H3,(H,19,21,22)/b9-4-/t11-,13-,14-,17-/m1/s1. The number of esters is 1. The van der Waals surface area contributed by atoms with Crippen molar-refractivity contribution in [2.45, 2.75) is 43.5 Å². The SMILES string of the molecule is CSc1nc(NC/C=C(/C)CO)c2ncn([C@@H]3O[C@H](COC(C)=O)[C@@H](O)[C@H]3O)c2n1. The molecule has 0 saturated carbocycles. The molecule has 1 aliphatic rings. The minimum Gasteiger partial charge on any atom is -0.463 e. The highest BCUT2D eigenvalue weighted by Gasteiger charge is 2.45. The van der Waals surface area contributed by atoms with E-state index in [4.69, 9.17) is 14.6 Å². The zero-order valence-electron chi connectivity index (χ0n) is 16.8. The van der Waals surface area contributed by atoms with Crippen LogP contribution in [0.4, 0.5) is 5.82 Å². The molecule has 30 heavy (non-hydrogen) atoms. The van der Waals surface area contributed by atoms with Crippen LogP contribution in [0.25, 0.3) is 11.2 Å². The van der Waals surface area contributed by atoms with Crippen molar-refractivity contribution in [2.75, 3.05) is 31.3 Å². The van der Waals surface area contributed by atoms with Gasteiger partial charge in [-0.05, 0) is 13.2 Å². The largest absolute Gasteiger partial charge is 0.463 e. The molecule has 1 saturated heterocycles. The molecule has 3 rings (SSSR count). The minimum atomic E-state index is -1.26. The first kappa shape index (κ1) is 22.4. The van der Waals surface area contributed by atoms with Crippen LogP contribution in [0.2, 0.25) is 0 Å². The maximum absolute atomic E-state index is 11.0. The van der Waals surface area contributed by atoms with Gasteiger partial charge in [-0.2, -0.15) is 0 Å². The van der Waals surface area contributed by atoms with E-state index >= 15 is 0 Å². The van der Waals surface area contributed by atoms with E-state index in [2.05, 4.69) is 20.3 Å². The molecule has 1 fully saturated rings. The monoisotopic (exact) mass is 439 g/mol. The quantitative estimate of drug-likeness (QED) is 0.191. The van der Waals surface area contributed by atoms with Crippen LogP contribution in [0.1, 0.15) is 20.1 Å². The topological polar surface area (TPSA) is 152 Å². The van der Waals surface area contributed by atoms with Crippen LogP contribution in [0.3, 0.4) is 0 Å². The number of carbonyl (C=O) groups excluding carboxylic acids is 1. The Hall–Kier alpha value is -2.25. The summed E-state index contributed by atoms with van der Waals surface area (Å²) in [5.41, 5.74) is 1.71. The molecular formula is C18H25N5O6S. The first-order valence-electron chi connectivity index (χ1n) is 9.29. The predicted molar refractivity (Wildman–Crippen MR) is 109 cm³/mol. The Bertz CT molecular complexity index is 935. The van der Waals surface area contributed by atoms with Gasteiger partial charge in [-0.25, -0.2) is 15.0 Å². The molecule has 0 amide bonds. The van der Waals surface area contributed by atoms with Gasteiger partial charge in [-0.15, -0.1) is 0 Å². The van der Waals surface area contributed by atoms with Gasteiger partial charge in [-0.1, -0.05) is 23.4 Å². The fourth-order valence-electron chi connectivity index (χ4n) is 2.98. The van der Waals surface area contributed by atoms with Crippen LogP contribution in [0, 0.1) is 0 Å². The molecule has 4 N–H and O–H groups in total. The zero-order valence-corrected chi connectivity index (χ0v) is 17.7. The van der Waals surface area contributed by atoms with Crippen molar-refractivity contribution in [3.63, 3.8) is 0 Å². The highest BCUT2D eigenvalue weighted by atomic mass is 32.2. The first-order chi connectivity index (χ1) is 14.3. The predicted octanol–water partition coefficient (Wildman–Crippen LogP) is 0.0810. The summed E-state index contributed by atoms with van der Waals surface area (Å²) < 4.78 is 12.2. The van der Waals surface area contributed by atoms with E-state index in [9.17, 15) is 15.0 Å². The third-order valence-corrected chi connectivity index (χ3v) is 5.16. The number of ether oxygens (including phenoxy) is 2. The van der Waals surface area contributed by atoms with Gasteiger partial charge in [0.15, 0.2) is 28.4 Å². The lowest BCUT2D eigenvalue weighted by atomic mass is 10.1. The molecule has 2 aromatic heterocycles. The molecule has 0 unspecified atom stereocenters. The van der Waals surface area contributed by atoms with Gasteiger partial charge in [0.2, 0.25) is 0 Å². The normalized spacial score (nSPS) is 24.4. The Kier molecular flexibility index (Phi) is 7.26. The van der Waals surface area contributed by atoms with E-state index < -0.39 is 30.5 Å². The zero-order chi connectivity index (χ0) is 21.8. The Labute approximate surface area is 177 Å². The number of thioether (sulfide) groups is 1. The molecule has 0 aliphatic carbocycles. The highest BCUT2D eigenvalue weighted by molar-refractivity contribution is 7.98. The summed E-state index contributed by atoms with van der Waals surface area (Å²) in [6.07, 6.45) is 0.792. The maximum atomic E-state index is 11.0. The second-order valence-corrected chi connectivity index (χ2v) is 7.59. The summed E-state index contributed by atoms with van der Waals surface area (Å²) in [6, 6.07) is 0. The van der Waals surface area contributed by atoms with Crippen LogP contribution in [-0.2, 0) is 14.3 Å². The Morgan fingerprint density at radius 2 is 2.13 bits per heavy atom. The van der Waals surface area contributed by atoms with E-state index in [1.807, 2.05) is 19.3 Å². The average molecular weight is 439 g/mol. The van der Waals surface area contributed by atoms with Crippen molar-refractivity contribution in [2.24, 2.45) is 0 Å². The van der Waals surface area contributed by atoms with Crippen molar-refractivity contribution in [1.29, 1.82) is 0 Å². The van der Waals surface area contributed by atoms with E-state index in [0.717, 1.165) is 5.57 Å². The number of rotatable bonds is 8. The highest BCUT2D eigenvalue weighted by Crippen LogP contribution is 2.33. The summed E-state index contributed by atoms with van der Waals surface area (Å²) in [6.45, 7) is 3.30. The second kappa shape index (κ2) is 9.71. The minimum absolute atomic E-state index is 0.0285. The fraction of sp³-hybridized carbons (Fsp3) is 0.556. The summed E-state index contributed by atoms with van der Waals surface area (Å²) >= 11 is 1.34. The molecule has 11 nitrogen and oxygen atoms in total. The molecule has 0 spiro atoms. The number of carbonyl (C=O) groups is 1. The van der Waals surface area contributed by atoms with Gasteiger partial charge >= 0.3 is 5.97 Å². The second-order valence-electron chi connectivity index (χ2n) is 6.82. The molecule has 1 aliphatic heterocycles. The molecule has 0 aromatic carbocycles. The van der Waals surface area contributed by atoms with Crippen LogP contribution in [0.15, 0.2) is 23.1 Å². The summed E-state index contributed by atoms with van der Waals surface area (Å²) in [5.74, 6) is -0.00929. The van der Waals surface area contributed by atoms with Crippen molar-refractivity contribution < 1.29 is 29.6 Å². The van der Waals surface area contributed by atoms with Crippen LogP contribution >= 0.6 is 11.8 Å². The maximum Gasteiger partial charge on any atom is 0.302 e. The van der Waals surface area contributed by atoms with E-state index in [1.165, 1.54) is 29.6 Å². The van der Waals surface area contributed by atoms with E-state index in [1.54, 1.807) is 0 Å². The molecular weight excluding hydrogens is 414 g/mol. The van der Waals surface area contributed by atoms with Crippen LogP contribution in [-0.4, -0.2) is 85.1 Å². The van der Waals surface area contributed by atoms with Crippen LogP contribution < -0.4 is 5.32 Å². The lowest BCUT2D eigenvalue weighted by molar-refractivity contribution is -0.147. The van der Waals surface area contributed by atoms with Crippen molar-refractivity contribution in [3.8, 4) is 0 Å². The summed E-state index contributed by atoms with van der Waals surface area (Å²) in [5, 5.41) is 33.5. The number of hydrogen-bond donors (Lipinski definition) is 4. The third-order valence-electron chi connectivity index (χ3n) is 4.62. The van der Waals surface area contributed by atoms with Gasteiger partial charge in [0.1, 0.15) is 24.9 Å². The lowest BCUT2D eigenvalue weighted by Crippen LogP contribution is -2.34. The van der Waals surface area contributed by atoms with Crippen molar-refractivity contribution in [1.82, 2.24) is 19.5 Å². The summed E-state index contributed by atoms with van der Waals surface area (Å²) in [7, 11) is 0. The number of fused-ring (bicyclic) bond motifs is 1. The number of aliphatic hydroxyl groups is 3. The molecule has 0 radical (unpaired) electrons. The van der Waals surface area contributed by atoms with Gasteiger partial charge < -0.3 is 30.1 Å². The molecule has 4 atom stereocenters. The smallest absolute Gasteiger partial charge is 0.302 e. The molecule has 164 valence electrons. The van der Waals surface area contributed by atoms with Gasteiger partial charge in [-0.3, -0.25) is 9.36 Å². The lowest BCUT2D eigenvalue weighted by Gasteiger charge is -2.17. The number of nitrogens with one attached hydrogen (secondary N) is 1. The summed E-state index contributed by atoms with van der Waals surface area (Å²) in [4.78, 5) is 24.3. The van der Waals surface area contributed by atoms with Gasteiger partial charge in [0.05, 0.1) is 12.9 Å². The number of hydrogen-bond acceptors (Lipinski definition) is 11. The van der Waals surface area contributed by atoms with Crippen molar-refractivity contribution in [3.05, 3.63) is 18.0 Å². The average Bonchev–Trinajstić information content (AvgIpc) is 3.27. The van der Waals surface area contributed by atoms with Gasteiger partial charge in [0.25, 0.3) is 0 Å². The Morgan fingerprint density at radius 3 is 2.80 bits per heavy atom. The Balaban J connectivity index is 1.90. The van der Waals surface area contributed by atoms with Gasteiger partial charge in [0, 0.05) is 13.5 Å². The number of aromatic nitrogens is 4. The first-order valence-corrected chi connectivity index (χ1v) is 10.5. The van der Waals surface area contributed by atoms with E-state index in [0.29, 0.717) is 28.7 Å². The number of anilines is 1. The number of nitrogens with zero attached hydrogens (tertiary/aromatic N) is 4. The number of aliphatic hydroxyl groups excluding tert-OH is 3. The molecule has 2 aromatic rings. The number of imidazole rings is 1. The molecule has 12 heteroatoms.